The molecule has 34 heavy (non-hydrogen) atoms. The summed E-state index contributed by atoms with van der Waals surface area (Å²) in [5.74, 6) is 1.40. The molecule has 0 heterocycles. The molecule has 0 radical (unpaired) electrons. The fraction of sp³-hybridized carbons (Fsp3) is 0.167. The van der Waals surface area contributed by atoms with E-state index >= 15 is 0 Å². The first-order valence-corrected chi connectivity index (χ1v) is 10.9. The van der Waals surface area contributed by atoms with Gasteiger partial charge in [0.1, 0.15) is 12.4 Å². The quantitative estimate of drug-likeness (QED) is 0.233. The third kappa shape index (κ3) is 6.79. The Bertz CT molecular complexity index is 1180. The van der Waals surface area contributed by atoms with Gasteiger partial charge in [-0.25, -0.2) is 5.43 Å². The first-order valence-electron chi connectivity index (χ1n) is 10.1. The molecule has 9 nitrogen and oxygen atoms in total. The van der Waals surface area contributed by atoms with E-state index in [1.165, 1.54) is 25.5 Å². The van der Waals surface area contributed by atoms with E-state index in [0.717, 1.165) is 16.9 Å². The van der Waals surface area contributed by atoms with Gasteiger partial charge in [0.25, 0.3) is 5.69 Å². The van der Waals surface area contributed by atoms with E-state index in [2.05, 4.69) is 26.5 Å². The predicted octanol–water partition coefficient (Wildman–Crippen LogP) is 4.65. The molecule has 3 aromatic rings. The number of nitro groups is 1. The number of carbonyl (C=O) groups is 1. The van der Waals surface area contributed by atoms with Crippen LogP contribution in [-0.4, -0.2) is 31.3 Å². The first kappa shape index (κ1) is 24.7. The van der Waals surface area contributed by atoms with Crippen molar-refractivity contribution < 1.29 is 23.9 Å². The lowest BCUT2D eigenvalue weighted by molar-refractivity contribution is -0.384. The van der Waals surface area contributed by atoms with Gasteiger partial charge in [0.2, 0.25) is 5.91 Å². The Morgan fingerprint density at radius 3 is 2.35 bits per heavy atom. The van der Waals surface area contributed by atoms with Crippen molar-refractivity contribution in [3.63, 3.8) is 0 Å². The number of hydrazone groups is 1. The van der Waals surface area contributed by atoms with Crippen molar-refractivity contribution >= 4 is 33.7 Å². The van der Waals surface area contributed by atoms with Gasteiger partial charge in [0.15, 0.2) is 11.5 Å². The van der Waals surface area contributed by atoms with Crippen molar-refractivity contribution in [1.29, 1.82) is 0 Å². The van der Waals surface area contributed by atoms with Gasteiger partial charge < -0.3 is 14.2 Å². The Balaban J connectivity index is 1.61. The highest BCUT2D eigenvalue weighted by Gasteiger charge is 2.12. The standard InChI is InChI=1S/C24H22BrN3O6/c1-32-20-9-5-16(6-10-20)13-23(29)27-26-14-18-11-21(25)24(22(12-18)33-2)34-15-17-3-7-19(8-4-17)28(30)31/h3-12,14H,13,15H2,1-2H3,(H,27,29)/b26-14-. The molecular formula is C24H22BrN3O6. The number of nitro benzene ring substituents is 1. The van der Waals surface area contributed by atoms with E-state index < -0.39 is 4.92 Å². The van der Waals surface area contributed by atoms with Crippen LogP contribution in [-0.2, 0) is 17.8 Å². The minimum atomic E-state index is -0.452. The van der Waals surface area contributed by atoms with E-state index in [4.69, 9.17) is 14.2 Å². The number of non-ortho nitro benzene ring substituents is 1. The molecule has 0 saturated carbocycles. The van der Waals surface area contributed by atoms with Crippen molar-refractivity contribution in [2.24, 2.45) is 5.10 Å². The van der Waals surface area contributed by atoms with E-state index in [1.54, 1.807) is 43.5 Å². The summed E-state index contributed by atoms with van der Waals surface area (Å²) >= 11 is 3.47. The van der Waals surface area contributed by atoms with Crippen molar-refractivity contribution in [2.75, 3.05) is 14.2 Å². The van der Waals surface area contributed by atoms with Gasteiger partial charge in [-0.15, -0.1) is 0 Å². The average Bonchev–Trinajstić information content (AvgIpc) is 2.83. The van der Waals surface area contributed by atoms with Crippen molar-refractivity contribution in [2.45, 2.75) is 13.0 Å². The number of halogens is 1. The SMILES string of the molecule is COc1ccc(CC(=O)N/N=C\c2cc(Br)c(OCc3ccc([N+](=O)[O-])cc3)c(OC)c2)cc1. The van der Waals surface area contributed by atoms with Gasteiger partial charge >= 0.3 is 0 Å². The van der Waals surface area contributed by atoms with E-state index in [9.17, 15) is 14.9 Å². The molecule has 0 spiro atoms. The molecule has 3 rings (SSSR count). The monoisotopic (exact) mass is 527 g/mol. The molecule has 0 aromatic heterocycles. The molecule has 1 N–H and O–H groups in total. The van der Waals surface area contributed by atoms with Gasteiger partial charge in [-0.3, -0.25) is 14.9 Å². The summed E-state index contributed by atoms with van der Waals surface area (Å²) in [6.07, 6.45) is 1.68. The summed E-state index contributed by atoms with van der Waals surface area (Å²) in [7, 11) is 3.10. The van der Waals surface area contributed by atoms with Crippen LogP contribution in [0.25, 0.3) is 0 Å². The maximum atomic E-state index is 12.1. The Kier molecular flexibility index (Phi) is 8.58. The van der Waals surface area contributed by atoms with E-state index in [0.29, 0.717) is 21.5 Å². The molecule has 0 aliphatic carbocycles. The highest BCUT2D eigenvalue weighted by Crippen LogP contribution is 2.37. The lowest BCUT2D eigenvalue weighted by Crippen LogP contribution is -2.19. The molecule has 0 saturated heterocycles. The number of amides is 1. The molecule has 0 atom stereocenters. The third-order valence-corrected chi connectivity index (χ3v) is 5.30. The smallest absolute Gasteiger partial charge is 0.269 e. The highest BCUT2D eigenvalue weighted by molar-refractivity contribution is 9.10. The average molecular weight is 528 g/mol. The molecular weight excluding hydrogens is 506 g/mol. The number of carbonyl (C=O) groups excluding carboxylic acids is 1. The zero-order chi connectivity index (χ0) is 24.5. The second-order valence-electron chi connectivity index (χ2n) is 7.06. The van der Waals surface area contributed by atoms with Gasteiger partial charge in [0.05, 0.1) is 36.3 Å². The second kappa shape index (κ2) is 11.8. The van der Waals surface area contributed by atoms with E-state index in [-0.39, 0.29) is 24.6 Å². The number of hydrogen-bond acceptors (Lipinski definition) is 7. The molecule has 3 aromatic carbocycles. The normalized spacial score (nSPS) is 10.7. The van der Waals surface area contributed by atoms with Crippen LogP contribution in [0.1, 0.15) is 16.7 Å². The van der Waals surface area contributed by atoms with Crippen molar-refractivity contribution in [3.8, 4) is 17.2 Å². The van der Waals surface area contributed by atoms with Gasteiger partial charge in [-0.05, 0) is 69.0 Å². The maximum Gasteiger partial charge on any atom is 0.269 e. The van der Waals surface area contributed by atoms with Crippen LogP contribution < -0.4 is 19.6 Å². The number of methoxy groups -OCH3 is 2. The molecule has 10 heteroatoms. The summed E-state index contributed by atoms with van der Waals surface area (Å²) in [4.78, 5) is 22.5. The molecule has 0 fully saturated rings. The summed E-state index contributed by atoms with van der Waals surface area (Å²) in [5, 5.41) is 14.8. The summed E-state index contributed by atoms with van der Waals surface area (Å²) < 4.78 is 17.0. The zero-order valence-corrected chi connectivity index (χ0v) is 20.1. The summed E-state index contributed by atoms with van der Waals surface area (Å²) in [6, 6.07) is 16.8. The van der Waals surface area contributed by atoms with Crippen LogP contribution in [0, 0.1) is 10.1 Å². The van der Waals surface area contributed by atoms with Crippen LogP contribution in [0.5, 0.6) is 17.2 Å². The van der Waals surface area contributed by atoms with Crippen LogP contribution in [0.3, 0.4) is 0 Å². The number of nitrogens with one attached hydrogen (secondary N) is 1. The predicted molar refractivity (Wildman–Crippen MR) is 131 cm³/mol. The Hall–Kier alpha value is -3.92. The minimum absolute atomic E-state index is 0.0160. The Morgan fingerprint density at radius 1 is 1.06 bits per heavy atom. The van der Waals surface area contributed by atoms with Crippen LogP contribution in [0.15, 0.2) is 70.2 Å². The molecule has 1 amide bonds. The largest absolute Gasteiger partial charge is 0.497 e. The van der Waals surface area contributed by atoms with Gasteiger partial charge in [-0.2, -0.15) is 5.10 Å². The summed E-state index contributed by atoms with van der Waals surface area (Å²) in [5.41, 5.74) is 4.80. The highest BCUT2D eigenvalue weighted by atomic mass is 79.9. The van der Waals surface area contributed by atoms with Crippen molar-refractivity contribution in [3.05, 3.63) is 91.9 Å². The van der Waals surface area contributed by atoms with E-state index in [1.807, 2.05) is 12.1 Å². The fourth-order valence-electron chi connectivity index (χ4n) is 2.97. The molecule has 0 unspecified atom stereocenters. The molecule has 0 aliphatic rings. The van der Waals surface area contributed by atoms with Crippen molar-refractivity contribution in [1.82, 2.24) is 5.43 Å². The Labute approximate surface area is 204 Å². The van der Waals surface area contributed by atoms with Crippen LogP contribution in [0.2, 0.25) is 0 Å². The lowest BCUT2D eigenvalue weighted by atomic mass is 10.1. The van der Waals surface area contributed by atoms with Gasteiger partial charge in [-0.1, -0.05) is 12.1 Å². The number of benzene rings is 3. The number of ether oxygens (including phenoxy) is 3. The fourth-order valence-corrected chi connectivity index (χ4v) is 3.55. The lowest BCUT2D eigenvalue weighted by Gasteiger charge is -2.13. The maximum absolute atomic E-state index is 12.1. The minimum Gasteiger partial charge on any atom is -0.497 e. The van der Waals surface area contributed by atoms with Gasteiger partial charge in [0, 0.05) is 12.1 Å². The Morgan fingerprint density at radius 2 is 1.74 bits per heavy atom. The van der Waals surface area contributed by atoms with Crippen LogP contribution in [0.4, 0.5) is 5.69 Å². The number of hydrogen-bond donors (Lipinski definition) is 1. The molecule has 0 bridgehead atoms. The second-order valence-corrected chi connectivity index (χ2v) is 7.92. The topological polar surface area (TPSA) is 112 Å². The number of nitrogens with zero attached hydrogens (tertiary/aromatic N) is 2. The van der Waals surface area contributed by atoms with Crippen LogP contribution >= 0.6 is 15.9 Å². The summed E-state index contributed by atoms with van der Waals surface area (Å²) in [6.45, 7) is 0.196. The molecule has 176 valence electrons. The first-order chi connectivity index (χ1) is 16.4. The number of rotatable bonds is 10. The molecule has 0 aliphatic heterocycles. The zero-order valence-electron chi connectivity index (χ0n) is 18.5. The third-order valence-electron chi connectivity index (χ3n) is 4.71.